The van der Waals surface area contributed by atoms with Crippen LogP contribution in [0.2, 0.25) is 0 Å². The van der Waals surface area contributed by atoms with Gasteiger partial charge in [0.25, 0.3) is 0 Å². The number of benzene rings is 1. The average Bonchev–Trinajstić information content (AvgIpc) is 2.13. The number of carbonyl (C=O) groups excluding carboxylic acids is 1. The number of halogens is 5. The molecule has 0 radical (unpaired) electrons. The Morgan fingerprint density at radius 2 is 1.31 bits per heavy atom. The first-order chi connectivity index (χ1) is 6.00. The minimum atomic E-state index is -0.454. The second-order valence-corrected chi connectivity index (χ2v) is 5.27. The highest BCUT2D eigenvalue weighted by molar-refractivity contribution is 9.14. The molecule has 0 heterocycles. The normalized spacial score (nSPS) is 10.2. The van der Waals surface area contributed by atoms with Crippen molar-refractivity contribution in [2.75, 3.05) is 0 Å². The first kappa shape index (κ1) is 11.8. The van der Waals surface area contributed by atoms with Crippen molar-refractivity contribution in [2.24, 2.45) is 0 Å². The van der Waals surface area contributed by atoms with E-state index in [0.717, 1.165) is 0 Å². The van der Waals surface area contributed by atoms with E-state index in [1.54, 1.807) is 0 Å². The molecule has 0 aliphatic carbocycles. The van der Waals surface area contributed by atoms with Crippen molar-refractivity contribution < 1.29 is 9.18 Å². The van der Waals surface area contributed by atoms with Crippen LogP contribution in [0.3, 0.4) is 0 Å². The van der Waals surface area contributed by atoms with Gasteiger partial charge in [0.1, 0.15) is 0 Å². The Morgan fingerprint density at radius 3 is 1.62 bits per heavy atom. The minimum Gasteiger partial charge on any atom is -0.298 e. The highest BCUT2D eigenvalue weighted by Crippen LogP contribution is 2.39. The van der Waals surface area contributed by atoms with Crippen molar-refractivity contribution in [3.63, 3.8) is 0 Å². The molecule has 6 heteroatoms. The summed E-state index contributed by atoms with van der Waals surface area (Å²) in [7, 11) is 0. The molecule has 0 bridgehead atoms. The number of carbonyl (C=O) groups is 1. The van der Waals surface area contributed by atoms with Crippen LogP contribution in [0.5, 0.6) is 0 Å². The smallest absolute Gasteiger partial charge is 0.153 e. The quantitative estimate of drug-likeness (QED) is 0.352. The molecule has 0 spiro atoms. The lowest BCUT2D eigenvalue weighted by Crippen LogP contribution is -1.92. The summed E-state index contributed by atoms with van der Waals surface area (Å²) in [6.07, 6.45) is 0.642. The summed E-state index contributed by atoms with van der Waals surface area (Å²) in [6, 6.07) is 0. The van der Waals surface area contributed by atoms with Gasteiger partial charge in [0.15, 0.2) is 12.1 Å². The molecule has 1 aromatic carbocycles. The monoisotopic (exact) mass is 436 g/mol. The van der Waals surface area contributed by atoms with E-state index in [1.807, 2.05) is 0 Å². The van der Waals surface area contributed by atoms with E-state index in [2.05, 4.69) is 63.7 Å². The van der Waals surface area contributed by atoms with Crippen molar-refractivity contribution >= 4 is 70.0 Å². The maximum absolute atomic E-state index is 13.3. The van der Waals surface area contributed by atoms with Gasteiger partial charge in [-0.15, -0.1) is 0 Å². The van der Waals surface area contributed by atoms with Crippen LogP contribution in [-0.4, -0.2) is 6.29 Å². The van der Waals surface area contributed by atoms with Crippen molar-refractivity contribution in [3.8, 4) is 0 Å². The fourth-order valence-corrected chi connectivity index (χ4v) is 3.01. The molecule has 1 nitrogen and oxygen atoms in total. The highest BCUT2D eigenvalue weighted by Gasteiger charge is 2.18. The van der Waals surface area contributed by atoms with Gasteiger partial charge in [-0.2, -0.15) is 0 Å². The molecule has 0 saturated carbocycles. The Kier molecular flexibility index (Phi) is 4.09. The van der Waals surface area contributed by atoms with Crippen molar-refractivity contribution in [3.05, 3.63) is 29.3 Å². The summed E-state index contributed by atoms with van der Waals surface area (Å²) in [5, 5.41) is 0. The van der Waals surface area contributed by atoms with Gasteiger partial charge in [0.05, 0.1) is 8.95 Å². The van der Waals surface area contributed by atoms with E-state index >= 15 is 0 Å². The zero-order chi connectivity index (χ0) is 10.2. The van der Waals surface area contributed by atoms with Crippen LogP contribution in [-0.2, 0) is 0 Å². The second kappa shape index (κ2) is 4.51. The second-order valence-electron chi connectivity index (χ2n) is 2.10. The summed E-state index contributed by atoms with van der Waals surface area (Å²) in [6.45, 7) is 0. The van der Waals surface area contributed by atoms with Crippen LogP contribution in [0.25, 0.3) is 0 Å². The molecule has 0 aromatic heterocycles. The fraction of sp³-hybridized carbons (Fsp3) is 0. The van der Waals surface area contributed by atoms with Gasteiger partial charge in [-0.05, 0) is 63.7 Å². The third-order valence-electron chi connectivity index (χ3n) is 1.36. The molecule has 0 atom stereocenters. The van der Waals surface area contributed by atoms with Crippen LogP contribution >= 0.6 is 63.7 Å². The van der Waals surface area contributed by atoms with E-state index in [1.165, 1.54) is 0 Å². The molecule has 0 fully saturated rings. The molecule has 13 heavy (non-hydrogen) atoms. The predicted octanol–water partition coefficient (Wildman–Crippen LogP) is 4.69. The molecule has 1 rings (SSSR count). The molecule has 0 aliphatic rings. The van der Waals surface area contributed by atoms with Gasteiger partial charge in [-0.3, -0.25) is 4.79 Å². The molecule has 70 valence electrons. The molecule has 0 N–H and O–H groups in total. The lowest BCUT2D eigenvalue weighted by molar-refractivity contribution is 0.112. The fourth-order valence-electron chi connectivity index (χ4n) is 0.725. The lowest BCUT2D eigenvalue weighted by Gasteiger charge is -2.07. The number of hydrogen-bond donors (Lipinski definition) is 0. The Morgan fingerprint density at radius 1 is 0.923 bits per heavy atom. The van der Waals surface area contributed by atoms with Crippen LogP contribution in [0, 0.1) is 5.82 Å². The van der Waals surface area contributed by atoms with E-state index < -0.39 is 5.82 Å². The Balaban J connectivity index is 3.66. The molecule has 0 amide bonds. The molecule has 0 saturated heterocycles. The molecular weight excluding hydrogens is 439 g/mol. The number of aldehydes is 1. The molecular formula is C7HBr4FO. The van der Waals surface area contributed by atoms with Gasteiger partial charge in [-0.1, -0.05) is 0 Å². The van der Waals surface area contributed by atoms with Gasteiger partial charge < -0.3 is 0 Å². The maximum atomic E-state index is 13.3. The van der Waals surface area contributed by atoms with Crippen molar-refractivity contribution in [1.82, 2.24) is 0 Å². The number of hydrogen-bond acceptors (Lipinski definition) is 1. The maximum Gasteiger partial charge on any atom is 0.153 e. The first-order valence-electron chi connectivity index (χ1n) is 2.97. The Bertz CT molecular complexity index is 348. The molecule has 0 aliphatic heterocycles. The largest absolute Gasteiger partial charge is 0.298 e. The topological polar surface area (TPSA) is 17.1 Å². The molecule has 1 aromatic rings. The third kappa shape index (κ3) is 2.06. The predicted molar refractivity (Wildman–Crippen MR) is 62.6 cm³/mol. The lowest BCUT2D eigenvalue weighted by atomic mass is 10.2. The summed E-state index contributed by atoms with van der Waals surface area (Å²) in [4.78, 5) is 10.6. The summed E-state index contributed by atoms with van der Waals surface area (Å²) >= 11 is 12.3. The molecule has 0 unspecified atom stereocenters. The average molecular weight is 440 g/mol. The van der Waals surface area contributed by atoms with Crippen molar-refractivity contribution in [2.45, 2.75) is 0 Å². The van der Waals surface area contributed by atoms with Crippen LogP contribution in [0.4, 0.5) is 4.39 Å². The Hall–Kier alpha value is 0.740. The van der Waals surface area contributed by atoms with E-state index in [-0.39, 0.29) is 8.95 Å². The zero-order valence-corrected chi connectivity index (χ0v) is 12.2. The number of rotatable bonds is 1. The van der Waals surface area contributed by atoms with E-state index in [9.17, 15) is 9.18 Å². The van der Waals surface area contributed by atoms with Gasteiger partial charge in [0.2, 0.25) is 0 Å². The standard InChI is InChI=1S/C7HBr4FO/c8-3-2(1-13)4(9)6(11)7(12)5(3)10/h1H. The SMILES string of the molecule is O=Cc1c(Br)c(Br)c(F)c(Br)c1Br. The summed E-state index contributed by atoms with van der Waals surface area (Å²) in [5.41, 5.74) is 0.361. The minimum absolute atomic E-state index is 0.227. The zero-order valence-electron chi connectivity index (χ0n) is 5.88. The van der Waals surface area contributed by atoms with Gasteiger partial charge >= 0.3 is 0 Å². The Labute approximate surface area is 108 Å². The van der Waals surface area contributed by atoms with Crippen LogP contribution < -0.4 is 0 Å². The van der Waals surface area contributed by atoms with E-state index in [4.69, 9.17) is 0 Å². The van der Waals surface area contributed by atoms with Gasteiger partial charge in [-0.25, -0.2) is 4.39 Å². The van der Waals surface area contributed by atoms with Gasteiger partial charge in [0, 0.05) is 14.5 Å². The first-order valence-corrected chi connectivity index (χ1v) is 6.14. The van der Waals surface area contributed by atoms with Crippen molar-refractivity contribution in [1.29, 1.82) is 0 Å². The van der Waals surface area contributed by atoms with Crippen LogP contribution in [0.1, 0.15) is 10.4 Å². The summed E-state index contributed by atoms with van der Waals surface area (Å²) < 4.78 is 14.5. The van der Waals surface area contributed by atoms with E-state index in [0.29, 0.717) is 20.8 Å². The third-order valence-corrected chi connectivity index (χ3v) is 5.56. The van der Waals surface area contributed by atoms with Crippen LogP contribution in [0.15, 0.2) is 17.9 Å². The highest BCUT2D eigenvalue weighted by atomic mass is 79.9. The summed E-state index contributed by atoms with van der Waals surface area (Å²) in [5.74, 6) is -0.454.